The zero-order chi connectivity index (χ0) is 22.9. The van der Waals surface area contributed by atoms with E-state index >= 15 is 0 Å². The molecule has 1 atom stereocenters. The van der Waals surface area contributed by atoms with E-state index in [1.807, 2.05) is 52.7 Å². The minimum atomic E-state index is -0.151. The van der Waals surface area contributed by atoms with Gasteiger partial charge in [-0.1, -0.05) is 18.2 Å². The SMILES string of the molecule is COc1cc(C=Cc2nc3n(n2)CCC[C@H]3c2cccc(C)c2F)cnc1-n1cnc(C)c1. The molecule has 1 aliphatic heterocycles. The van der Waals surface area contributed by atoms with Gasteiger partial charge in [-0.15, -0.1) is 0 Å². The fourth-order valence-corrected chi connectivity index (χ4v) is 4.27. The third-order valence-electron chi connectivity index (χ3n) is 5.94. The smallest absolute Gasteiger partial charge is 0.180 e. The van der Waals surface area contributed by atoms with Crippen molar-refractivity contribution in [3.8, 4) is 11.6 Å². The normalized spacial score (nSPS) is 15.7. The van der Waals surface area contributed by atoms with Gasteiger partial charge in [0.25, 0.3) is 0 Å². The molecule has 3 aromatic heterocycles. The van der Waals surface area contributed by atoms with Crippen LogP contribution in [0.2, 0.25) is 0 Å². The van der Waals surface area contributed by atoms with Gasteiger partial charge in [-0.05, 0) is 61.6 Å². The number of imidazole rings is 1. The zero-order valence-corrected chi connectivity index (χ0v) is 18.9. The maximum atomic E-state index is 14.8. The topological polar surface area (TPSA) is 70.7 Å². The van der Waals surface area contributed by atoms with Gasteiger partial charge in [-0.25, -0.2) is 24.0 Å². The van der Waals surface area contributed by atoms with Crippen molar-refractivity contribution in [1.29, 1.82) is 0 Å². The summed E-state index contributed by atoms with van der Waals surface area (Å²) in [4.78, 5) is 13.5. The Balaban J connectivity index is 1.42. The van der Waals surface area contributed by atoms with Crippen molar-refractivity contribution >= 4 is 12.2 Å². The van der Waals surface area contributed by atoms with Gasteiger partial charge in [0.15, 0.2) is 17.4 Å². The highest BCUT2D eigenvalue weighted by molar-refractivity contribution is 5.67. The molecule has 1 aliphatic rings. The third kappa shape index (κ3) is 4.04. The van der Waals surface area contributed by atoms with E-state index in [9.17, 15) is 4.39 Å². The Kier molecular flexibility index (Phi) is 5.50. The van der Waals surface area contributed by atoms with Gasteiger partial charge in [-0.2, -0.15) is 5.10 Å². The van der Waals surface area contributed by atoms with Gasteiger partial charge in [-0.3, -0.25) is 4.57 Å². The second kappa shape index (κ2) is 8.61. The second-order valence-electron chi connectivity index (χ2n) is 8.27. The van der Waals surface area contributed by atoms with E-state index < -0.39 is 0 Å². The summed E-state index contributed by atoms with van der Waals surface area (Å²) < 4.78 is 24.1. The highest BCUT2D eigenvalue weighted by Crippen LogP contribution is 2.34. The first-order chi connectivity index (χ1) is 16.0. The number of pyridine rings is 1. The molecule has 33 heavy (non-hydrogen) atoms. The first-order valence-electron chi connectivity index (χ1n) is 11.0. The molecule has 8 heteroatoms. The van der Waals surface area contributed by atoms with Crippen LogP contribution in [0.3, 0.4) is 0 Å². The fourth-order valence-electron chi connectivity index (χ4n) is 4.27. The molecule has 0 aliphatic carbocycles. The predicted molar refractivity (Wildman–Crippen MR) is 124 cm³/mol. The lowest BCUT2D eigenvalue weighted by Gasteiger charge is -2.23. The van der Waals surface area contributed by atoms with E-state index in [0.29, 0.717) is 28.5 Å². The van der Waals surface area contributed by atoms with Crippen molar-refractivity contribution in [2.45, 2.75) is 39.2 Å². The van der Waals surface area contributed by atoms with Crippen LogP contribution in [0.15, 0.2) is 43.0 Å². The van der Waals surface area contributed by atoms with Gasteiger partial charge in [0.05, 0.1) is 12.8 Å². The van der Waals surface area contributed by atoms with Crippen LogP contribution < -0.4 is 4.74 Å². The van der Waals surface area contributed by atoms with Crippen molar-refractivity contribution in [1.82, 2.24) is 29.3 Å². The van der Waals surface area contributed by atoms with Crippen LogP contribution in [-0.2, 0) is 6.54 Å². The minimum absolute atomic E-state index is 0.0898. The van der Waals surface area contributed by atoms with Gasteiger partial charge >= 0.3 is 0 Å². The monoisotopic (exact) mass is 444 g/mol. The summed E-state index contributed by atoms with van der Waals surface area (Å²) in [5, 5.41) is 4.64. The maximum Gasteiger partial charge on any atom is 0.180 e. The van der Waals surface area contributed by atoms with Crippen LogP contribution in [0.4, 0.5) is 4.39 Å². The third-order valence-corrected chi connectivity index (χ3v) is 5.94. The highest BCUT2D eigenvalue weighted by atomic mass is 19.1. The molecule has 0 amide bonds. The van der Waals surface area contributed by atoms with E-state index in [4.69, 9.17) is 9.72 Å². The maximum absolute atomic E-state index is 14.8. The molecular formula is C25H25FN6O. The molecule has 0 bridgehead atoms. The predicted octanol–water partition coefficient (Wildman–Crippen LogP) is 4.72. The number of hydrogen-bond donors (Lipinski definition) is 0. The number of methoxy groups -OCH3 is 1. The van der Waals surface area contributed by atoms with Crippen molar-refractivity contribution in [3.05, 3.63) is 82.8 Å². The largest absolute Gasteiger partial charge is 0.493 e. The molecule has 0 saturated heterocycles. The molecule has 0 radical (unpaired) electrons. The standard InChI is InChI=1S/C25H25FN6O/c1-16-6-4-7-19(23(16)26)20-8-5-11-32-24(20)29-22(30-32)10-9-18-12-21(33-3)25(27-13-18)31-14-17(2)28-15-31/h4,6-7,9-10,12-15,20H,5,8,11H2,1-3H3/t20-/m0/s1. The summed E-state index contributed by atoms with van der Waals surface area (Å²) in [6.45, 7) is 4.51. The van der Waals surface area contributed by atoms with Gasteiger partial charge in [0.1, 0.15) is 18.0 Å². The molecule has 7 nitrogen and oxygen atoms in total. The number of aromatic nitrogens is 6. The number of halogens is 1. The summed E-state index contributed by atoms with van der Waals surface area (Å²) >= 11 is 0. The Bertz CT molecular complexity index is 1340. The molecule has 5 rings (SSSR count). The van der Waals surface area contributed by atoms with E-state index in [1.54, 1.807) is 32.6 Å². The lowest BCUT2D eigenvalue weighted by Crippen LogP contribution is -2.19. The molecular weight excluding hydrogens is 419 g/mol. The van der Waals surface area contributed by atoms with Crippen molar-refractivity contribution < 1.29 is 9.13 Å². The molecule has 0 unspecified atom stereocenters. The number of ether oxygens (including phenoxy) is 1. The molecule has 168 valence electrons. The van der Waals surface area contributed by atoms with Crippen LogP contribution in [0.1, 0.15) is 52.8 Å². The van der Waals surface area contributed by atoms with Gasteiger partial charge in [0.2, 0.25) is 0 Å². The quantitative estimate of drug-likeness (QED) is 0.446. The average molecular weight is 445 g/mol. The molecule has 0 N–H and O–H groups in total. The molecule has 1 aromatic carbocycles. The molecule has 0 spiro atoms. The molecule has 0 saturated carbocycles. The number of aryl methyl sites for hydroxylation is 3. The number of hydrogen-bond acceptors (Lipinski definition) is 5. The lowest BCUT2D eigenvalue weighted by atomic mass is 9.90. The minimum Gasteiger partial charge on any atom is -0.493 e. The Morgan fingerprint density at radius 1 is 1.18 bits per heavy atom. The van der Waals surface area contributed by atoms with Crippen molar-refractivity contribution in [2.75, 3.05) is 7.11 Å². The second-order valence-corrected chi connectivity index (χ2v) is 8.27. The van der Waals surface area contributed by atoms with Crippen LogP contribution in [0, 0.1) is 19.7 Å². The lowest BCUT2D eigenvalue weighted by molar-refractivity contribution is 0.410. The molecule has 4 aromatic rings. The number of benzene rings is 1. The van der Waals surface area contributed by atoms with Crippen molar-refractivity contribution in [3.63, 3.8) is 0 Å². The van der Waals surface area contributed by atoms with Crippen LogP contribution in [0.25, 0.3) is 18.0 Å². The van der Waals surface area contributed by atoms with Crippen LogP contribution in [0.5, 0.6) is 5.75 Å². The van der Waals surface area contributed by atoms with Gasteiger partial charge in [0, 0.05) is 24.9 Å². The van der Waals surface area contributed by atoms with E-state index in [1.165, 1.54) is 0 Å². The first kappa shape index (κ1) is 21.1. The van der Waals surface area contributed by atoms with E-state index in [-0.39, 0.29) is 11.7 Å². The zero-order valence-electron chi connectivity index (χ0n) is 18.9. The summed E-state index contributed by atoms with van der Waals surface area (Å²) in [7, 11) is 1.62. The summed E-state index contributed by atoms with van der Waals surface area (Å²) in [5.41, 5.74) is 3.11. The molecule has 4 heterocycles. The summed E-state index contributed by atoms with van der Waals surface area (Å²) in [5.74, 6) is 2.48. The van der Waals surface area contributed by atoms with E-state index in [0.717, 1.165) is 36.5 Å². The van der Waals surface area contributed by atoms with Crippen LogP contribution in [-0.4, -0.2) is 36.4 Å². The number of rotatable bonds is 5. The summed E-state index contributed by atoms with van der Waals surface area (Å²) in [6, 6.07) is 7.46. The van der Waals surface area contributed by atoms with E-state index in [2.05, 4.69) is 15.1 Å². The van der Waals surface area contributed by atoms with Crippen LogP contribution >= 0.6 is 0 Å². The highest BCUT2D eigenvalue weighted by Gasteiger charge is 2.27. The Morgan fingerprint density at radius 2 is 2.06 bits per heavy atom. The Morgan fingerprint density at radius 3 is 2.85 bits per heavy atom. The fraction of sp³-hybridized carbons (Fsp3) is 0.280. The Labute approximate surface area is 191 Å². The van der Waals surface area contributed by atoms with Gasteiger partial charge < -0.3 is 4.74 Å². The van der Waals surface area contributed by atoms with Crippen molar-refractivity contribution in [2.24, 2.45) is 0 Å². The molecule has 0 fully saturated rings. The Hall–Kier alpha value is -3.81. The number of nitrogens with zero attached hydrogens (tertiary/aromatic N) is 6. The summed E-state index contributed by atoms with van der Waals surface area (Å²) in [6.07, 6.45) is 10.9. The number of fused-ring (bicyclic) bond motifs is 1. The average Bonchev–Trinajstić information content (AvgIpc) is 3.45. The first-order valence-corrected chi connectivity index (χ1v) is 11.0.